The standard InChI is InChI=1S/C10H17N3O3/c1-3-7-13(8-9(14)15)10(16)12-6-4-5-11-2/h1,11H,4-8H2,2H3,(H,12,16)(H,14,15). The van der Waals surface area contributed by atoms with Crippen LogP contribution >= 0.6 is 0 Å². The molecule has 3 N–H and O–H groups in total. The van der Waals surface area contributed by atoms with Crippen LogP contribution in [0, 0.1) is 12.3 Å². The summed E-state index contributed by atoms with van der Waals surface area (Å²) in [5.41, 5.74) is 0. The summed E-state index contributed by atoms with van der Waals surface area (Å²) in [7, 11) is 1.82. The van der Waals surface area contributed by atoms with Crippen LogP contribution in [-0.4, -0.2) is 55.2 Å². The molecule has 6 heteroatoms. The lowest BCUT2D eigenvalue weighted by Crippen LogP contribution is -2.43. The summed E-state index contributed by atoms with van der Waals surface area (Å²) in [6, 6.07) is -0.448. The number of carbonyl (C=O) groups excluding carboxylic acids is 1. The normalized spacial score (nSPS) is 9.25. The first kappa shape index (κ1) is 14.3. The topological polar surface area (TPSA) is 81.7 Å². The SMILES string of the molecule is C#CCN(CC(=O)O)C(=O)NCCCNC. The van der Waals surface area contributed by atoms with Crippen molar-refractivity contribution in [2.24, 2.45) is 0 Å². The predicted molar refractivity (Wildman–Crippen MR) is 60.0 cm³/mol. The fraction of sp³-hybridized carbons (Fsp3) is 0.600. The van der Waals surface area contributed by atoms with E-state index >= 15 is 0 Å². The number of rotatable bonds is 7. The maximum Gasteiger partial charge on any atom is 0.323 e. The number of carboxylic acids is 1. The highest BCUT2D eigenvalue weighted by Crippen LogP contribution is 1.89. The van der Waals surface area contributed by atoms with E-state index in [4.69, 9.17) is 11.5 Å². The summed E-state index contributed by atoms with van der Waals surface area (Å²) < 4.78 is 0. The van der Waals surface area contributed by atoms with Crippen LogP contribution in [0.15, 0.2) is 0 Å². The summed E-state index contributed by atoms with van der Waals surface area (Å²) in [5.74, 6) is 1.16. The molecule has 0 aromatic carbocycles. The van der Waals surface area contributed by atoms with E-state index in [0.717, 1.165) is 17.9 Å². The van der Waals surface area contributed by atoms with Crippen molar-refractivity contribution in [1.29, 1.82) is 0 Å². The van der Waals surface area contributed by atoms with Crippen molar-refractivity contribution in [2.75, 3.05) is 33.2 Å². The molecule has 0 fully saturated rings. The molecule has 0 heterocycles. The van der Waals surface area contributed by atoms with Gasteiger partial charge in [0.15, 0.2) is 0 Å². The molecule has 6 nitrogen and oxygen atoms in total. The number of hydrogen-bond acceptors (Lipinski definition) is 3. The number of carboxylic acid groups (broad SMARTS) is 1. The number of nitrogens with one attached hydrogen (secondary N) is 2. The molecule has 0 saturated carbocycles. The van der Waals surface area contributed by atoms with Crippen LogP contribution in [0.2, 0.25) is 0 Å². The van der Waals surface area contributed by atoms with Crippen molar-refractivity contribution in [3.63, 3.8) is 0 Å². The van der Waals surface area contributed by atoms with Gasteiger partial charge in [-0.1, -0.05) is 5.92 Å². The molecule has 2 amide bonds. The number of terminal acetylenes is 1. The Morgan fingerprint density at radius 3 is 2.62 bits per heavy atom. The Balaban J connectivity index is 3.97. The molecule has 0 rings (SSSR count). The van der Waals surface area contributed by atoms with Crippen LogP contribution in [0.3, 0.4) is 0 Å². The fourth-order valence-electron chi connectivity index (χ4n) is 1.05. The molecule has 0 aromatic heterocycles. The minimum absolute atomic E-state index is 0.00976. The summed E-state index contributed by atoms with van der Waals surface area (Å²) >= 11 is 0. The number of aliphatic carboxylic acids is 1. The maximum atomic E-state index is 11.5. The smallest absolute Gasteiger partial charge is 0.323 e. The molecular formula is C10H17N3O3. The van der Waals surface area contributed by atoms with E-state index in [0.29, 0.717) is 6.54 Å². The Morgan fingerprint density at radius 1 is 1.44 bits per heavy atom. The Bertz CT molecular complexity index is 273. The number of nitrogens with zero attached hydrogens (tertiary/aromatic N) is 1. The minimum atomic E-state index is -1.08. The Morgan fingerprint density at radius 2 is 2.12 bits per heavy atom. The second kappa shape index (κ2) is 8.56. The van der Waals surface area contributed by atoms with Gasteiger partial charge in [-0.15, -0.1) is 6.42 Å². The molecule has 0 spiro atoms. The molecule has 0 saturated heterocycles. The van der Waals surface area contributed by atoms with Gasteiger partial charge in [0.1, 0.15) is 6.54 Å². The highest BCUT2D eigenvalue weighted by Gasteiger charge is 2.14. The van der Waals surface area contributed by atoms with Gasteiger partial charge >= 0.3 is 12.0 Å². The van der Waals surface area contributed by atoms with Crippen molar-refractivity contribution in [1.82, 2.24) is 15.5 Å². The average Bonchev–Trinajstić information content (AvgIpc) is 2.23. The summed E-state index contributed by atoms with van der Waals surface area (Å²) in [6.07, 6.45) is 5.82. The first-order valence-corrected chi connectivity index (χ1v) is 4.94. The third kappa shape index (κ3) is 6.68. The lowest BCUT2D eigenvalue weighted by molar-refractivity contribution is -0.137. The average molecular weight is 227 g/mol. The number of carbonyl (C=O) groups is 2. The molecule has 16 heavy (non-hydrogen) atoms. The summed E-state index contributed by atoms with van der Waals surface area (Å²) in [5, 5.41) is 14.1. The highest BCUT2D eigenvalue weighted by molar-refractivity contribution is 5.80. The van der Waals surface area contributed by atoms with Gasteiger partial charge in [-0.05, 0) is 20.0 Å². The summed E-state index contributed by atoms with van der Waals surface area (Å²) in [4.78, 5) is 23.0. The zero-order valence-electron chi connectivity index (χ0n) is 9.32. The van der Waals surface area contributed by atoms with E-state index in [1.165, 1.54) is 0 Å². The van der Waals surface area contributed by atoms with Crippen molar-refractivity contribution in [2.45, 2.75) is 6.42 Å². The Kier molecular flexibility index (Phi) is 7.63. The van der Waals surface area contributed by atoms with Gasteiger partial charge in [-0.25, -0.2) is 4.79 Å². The second-order valence-corrected chi connectivity index (χ2v) is 3.14. The van der Waals surface area contributed by atoms with Crippen molar-refractivity contribution in [3.8, 4) is 12.3 Å². The number of hydrogen-bond donors (Lipinski definition) is 3. The minimum Gasteiger partial charge on any atom is -0.480 e. The Hall–Kier alpha value is -1.74. The summed E-state index contributed by atoms with van der Waals surface area (Å²) in [6.45, 7) is 0.876. The van der Waals surface area contributed by atoms with E-state index in [9.17, 15) is 9.59 Å². The van der Waals surface area contributed by atoms with E-state index < -0.39 is 12.0 Å². The van der Waals surface area contributed by atoms with E-state index in [2.05, 4.69) is 16.6 Å². The van der Waals surface area contributed by atoms with Crippen LogP contribution in [0.4, 0.5) is 4.79 Å². The molecule has 0 aromatic rings. The van der Waals surface area contributed by atoms with Crippen LogP contribution in [0.1, 0.15) is 6.42 Å². The van der Waals surface area contributed by atoms with Gasteiger partial charge in [0.05, 0.1) is 6.54 Å². The van der Waals surface area contributed by atoms with Crippen molar-refractivity contribution in [3.05, 3.63) is 0 Å². The van der Waals surface area contributed by atoms with Crippen molar-refractivity contribution >= 4 is 12.0 Å². The van der Waals surface area contributed by atoms with Gasteiger partial charge in [0, 0.05) is 6.54 Å². The maximum absolute atomic E-state index is 11.5. The second-order valence-electron chi connectivity index (χ2n) is 3.14. The van der Waals surface area contributed by atoms with Gasteiger partial charge in [0.25, 0.3) is 0 Å². The number of urea groups is 1. The van der Waals surface area contributed by atoms with Gasteiger partial charge < -0.3 is 20.6 Å². The third-order valence-electron chi connectivity index (χ3n) is 1.78. The van der Waals surface area contributed by atoms with E-state index in [-0.39, 0.29) is 13.1 Å². The first-order chi connectivity index (χ1) is 7.61. The van der Waals surface area contributed by atoms with Crippen LogP contribution < -0.4 is 10.6 Å². The molecule has 0 aliphatic heterocycles. The van der Waals surface area contributed by atoms with Crippen LogP contribution in [0.25, 0.3) is 0 Å². The molecule has 90 valence electrons. The monoisotopic (exact) mass is 227 g/mol. The van der Waals surface area contributed by atoms with Crippen LogP contribution in [0.5, 0.6) is 0 Å². The zero-order valence-corrected chi connectivity index (χ0v) is 9.32. The van der Waals surface area contributed by atoms with Gasteiger partial charge in [-0.2, -0.15) is 0 Å². The lowest BCUT2D eigenvalue weighted by Gasteiger charge is -2.18. The molecule has 0 aliphatic carbocycles. The quantitative estimate of drug-likeness (QED) is 0.398. The third-order valence-corrected chi connectivity index (χ3v) is 1.78. The van der Waals surface area contributed by atoms with Crippen LogP contribution in [-0.2, 0) is 4.79 Å². The highest BCUT2D eigenvalue weighted by atomic mass is 16.4. The predicted octanol–water partition coefficient (Wildman–Crippen LogP) is -0.675. The number of amides is 2. The van der Waals surface area contributed by atoms with Gasteiger partial charge in [0.2, 0.25) is 0 Å². The largest absolute Gasteiger partial charge is 0.480 e. The fourth-order valence-corrected chi connectivity index (χ4v) is 1.05. The molecule has 0 unspecified atom stereocenters. The van der Waals surface area contributed by atoms with E-state index in [1.54, 1.807) is 0 Å². The Labute approximate surface area is 95.0 Å². The molecule has 0 bridgehead atoms. The molecule has 0 aliphatic rings. The first-order valence-electron chi connectivity index (χ1n) is 4.94. The lowest BCUT2D eigenvalue weighted by atomic mass is 10.4. The molecular weight excluding hydrogens is 210 g/mol. The van der Waals surface area contributed by atoms with Crippen molar-refractivity contribution < 1.29 is 14.7 Å². The zero-order chi connectivity index (χ0) is 12.4. The molecule has 0 radical (unpaired) electrons. The molecule has 0 atom stereocenters. The van der Waals surface area contributed by atoms with Gasteiger partial charge in [-0.3, -0.25) is 4.79 Å². The van der Waals surface area contributed by atoms with E-state index in [1.807, 2.05) is 7.05 Å².